The molecule has 2 amide bonds. The van der Waals surface area contributed by atoms with E-state index in [0.29, 0.717) is 31.1 Å². The van der Waals surface area contributed by atoms with Gasteiger partial charge in [0.2, 0.25) is 0 Å². The molecule has 1 aliphatic heterocycles. The Morgan fingerprint density at radius 2 is 1.85 bits per heavy atom. The fourth-order valence-corrected chi connectivity index (χ4v) is 2.91. The third-order valence-electron chi connectivity index (χ3n) is 4.41. The summed E-state index contributed by atoms with van der Waals surface area (Å²) < 4.78 is 5.57. The molecule has 1 saturated heterocycles. The molecule has 0 spiro atoms. The number of nitrogens with one attached hydrogen (secondary N) is 1. The maximum atomic E-state index is 12.6. The third kappa shape index (κ3) is 4.58. The Kier molecular flexibility index (Phi) is 5.95. The third-order valence-corrected chi connectivity index (χ3v) is 4.41. The van der Waals surface area contributed by atoms with Gasteiger partial charge >= 0.3 is 6.03 Å². The number of ether oxygens (including phenoxy) is 1. The summed E-state index contributed by atoms with van der Waals surface area (Å²) >= 11 is 0. The number of nitrogens with zero attached hydrogens (tertiary/aromatic N) is 5. The Bertz CT molecular complexity index is 757. The minimum atomic E-state index is -0.115. The fourth-order valence-electron chi connectivity index (χ4n) is 2.91. The lowest BCUT2D eigenvalue weighted by Crippen LogP contribution is -2.50. The van der Waals surface area contributed by atoms with Gasteiger partial charge in [-0.3, -0.25) is 0 Å². The molecule has 144 valence electrons. The normalized spacial score (nSPS) is 14.0. The molecule has 0 radical (unpaired) electrons. The second-order valence-electron chi connectivity index (χ2n) is 6.48. The molecule has 1 aromatic carbocycles. The number of aromatic nitrogens is 2. The van der Waals surface area contributed by atoms with Crippen LogP contribution in [0.15, 0.2) is 36.4 Å². The smallest absolute Gasteiger partial charge is 0.322 e. The van der Waals surface area contributed by atoms with Crippen LogP contribution >= 0.6 is 0 Å². The van der Waals surface area contributed by atoms with E-state index in [-0.39, 0.29) is 6.03 Å². The minimum absolute atomic E-state index is 0.115. The van der Waals surface area contributed by atoms with Crippen LogP contribution < -0.4 is 19.9 Å². The Hall–Kier alpha value is -3.03. The summed E-state index contributed by atoms with van der Waals surface area (Å²) in [6.07, 6.45) is 0. The van der Waals surface area contributed by atoms with E-state index in [1.54, 1.807) is 4.90 Å². The Morgan fingerprint density at radius 1 is 1.11 bits per heavy atom. The van der Waals surface area contributed by atoms with E-state index in [1.807, 2.05) is 62.3 Å². The Labute approximate surface area is 159 Å². The highest BCUT2D eigenvalue weighted by Crippen LogP contribution is 2.24. The Morgan fingerprint density at radius 3 is 2.48 bits per heavy atom. The first-order valence-electron chi connectivity index (χ1n) is 9.12. The monoisotopic (exact) mass is 370 g/mol. The van der Waals surface area contributed by atoms with Gasteiger partial charge in [-0.25, -0.2) is 4.79 Å². The van der Waals surface area contributed by atoms with Crippen molar-refractivity contribution in [3.8, 4) is 5.75 Å². The van der Waals surface area contributed by atoms with Gasteiger partial charge in [-0.1, -0.05) is 12.1 Å². The zero-order valence-corrected chi connectivity index (χ0v) is 16.1. The number of amides is 2. The molecule has 0 saturated carbocycles. The summed E-state index contributed by atoms with van der Waals surface area (Å²) in [5.41, 5.74) is 0.692. The van der Waals surface area contributed by atoms with E-state index in [1.165, 1.54) is 0 Å². The Balaban J connectivity index is 1.56. The number of carbonyl (C=O) groups excluding carboxylic acids is 1. The number of anilines is 3. The van der Waals surface area contributed by atoms with Crippen molar-refractivity contribution in [2.75, 3.05) is 62.0 Å². The number of benzene rings is 1. The van der Waals surface area contributed by atoms with Crippen LogP contribution in [-0.4, -0.2) is 68.0 Å². The van der Waals surface area contributed by atoms with Crippen LogP contribution in [0.25, 0.3) is 0 Å². The quantitative estimate of drug-likeness (QED) is 0.871. The molecule has 3 rings (SSSR count). The van der Waals surface area contributed by atoms with Gasteiger partial charge in [-0.05, 0) is 31.2 Å². The summed E-state index contributed by atoms with van der Waals surface area (Å²) in [6.45, 7) is 5.16. The lowest BCUT2D eigenvalue weighted by molar-refractivity contribution is 0.208. The second-order valence-corrected chi connectivity index (χ2v) is 6.48. The predicted molar refractivity (Wildman–Crippen MR) is 107 cm³/mol. The van der Waals surface area contributed by atoms with Crippen LogP contribution in [-0.2, 0) is 0 Å². The topological polar surface area (TPSA) is 73.8 Å². The first-order valence-corrected chi connectivity index (χ1v) is 9.12. The van der Waals surface area contributed by atoms with Crippen molar-refractivity contribution in [1.29, 1.82) is 0 Å². The van der Waals surface area contributed by atoms with Crippen molar-refractivity contribution in [1.82, 2.24) is 15.1 Å². The molecule has 2 heterocycles. The average molecular weight is 370 g/mol. The summed E-state index contributed by atoms with van der Waals surface area (Å²) in [4.78, 5) is 18.5. The molecule has 1 N–H and O–H groups in total. The number of piperazine rings is 1. The highest BCUT2D eigenvalue weighted by Gasteiger charge is 2.23. The van der Waals surface area contributed by atoms with Crippen molar-refractivity contribution in [3.63, 3.8) is 0 Å². The predicted octanol–water partition coefficient (Wildman–Crippen LogP) is 2.30. The molecule has 0 bridgehead atoms. The molecular weight excluding hydrogens is 344 g/mol. The average Bonchev–Trinajstić information content (AvgIpc) is 2.70. The van der Waals surface area contributed by atoms with E-state index in [4.69, 9.17) is 4.74 Å². The molecule has 1 aromatic heterocycles. The highest BCUT2D eigenvalue weighted by molar-refractivity contribution is 5.91. The lowest BCUT2D eigenvalue weighted by atomic mass is 10.3. The first kappa shape index (κ1) is 18.8. The van der Waals surface area contributed by atoms with Crippen LogP contribution in [0, 0.1) is 0 Å². The highest BCUT2D eigenvalue weighted by atomic mass is 16.5. The van der Waals surface area contributed by atoms with Crippen LogP contribution in [0.5, 0.6) is 5.75 Å². The van der Waals surface area contributed by atoms with Crippen molar-refractivity contribution in [3.05, 3.63) is 36.4 Å². The molecule has 2 aromatic rings. The number of carbonyl (C=O) groups is 1. The number of hydrogen-bond acceptors (Lipinski definition) is 6. The maximum absolute atomic E-state index is 12.6. The van der Waals surface area contributed by atoms with Gasteiger partial charge < -0.3 is 24.8 Å². The van der Waals surface area contributed by atoms with Gasteiger partial charge in [0.15, 0.2) is 11.6 Å². The van der Waals surface area contributed by atoms with Crippen LogP contribution in [0.4, 0.5) is 22.1 Å². The number of rotatable bonds is 5. The standard InChI is InChI=1S/C19H26N6O2/c1-4-27-16-8-6-5-7-15(16)20-19(26)25-13-11-24(12-14-25)18-10-9-17(21-22-18)23(2)3/h5-10H,4,11-14H2,1-3H3,(H,20,26). The van der Waals surface area contributed by atoms with Crippen molar-refractivity contribution >= 4 is 23.4 Å². The molecule has 8 nitrogen and oxygen atoms in total. The molecule has 0 atom stereocenters. The van der Waals surface area contributed by atoms with E-state index >= 15 is 0 Å². The summed E-state index contributed by atoms with van der Waals surface area (Å²) in [5, 5.41) is 11.5. The van der Waals surface area contributed by atoms with Crippen LogP contribution in [0.2, 0.25) is 0 Å². The SMILES string of the molecule is CCOc1ccccc1NC(=O)N1CCN(c2ccc(N(C)C)nn2)CC1. The van der Waals surface area contributed by atoms with Crippen molar-refractivity contribution < 1.29 is 9.53 Å². The number of hydrogen-bond donors (Lipinski definition) is 1. The van der Waals surface area contributed by atoms with Crippen molar-refractivity contribution in [2.45, 2.75) is 6.92 Å². The summed E-state index contributed by atoms with van der Waals surface area (Å²) in [6, 6.07) is 11.3. The molecule has 0 unspecified atom stereocenters. The maximum Gasteiger partial charge on any atom is 0.322 e. The van der Waals surface area contributed by atoms with Gasteiger partial charge in [0.25, 0.3) is 0 Å². The van der Waals surface area contributed by atoms with Gasteiger partial charge in [0.05, 0.1) is 12.3 Å². The lowest BCUT2D eigenvalue weighted by Gasteiger charge is -2.35. The number of urea groups is 1. The first-order chi connectivity index (χ1) is 13.1. The van der Waals surface area contributed by atoms with E-state index in [9.17, 15) is 4.79 Å². The zero-order valence-electron chi connectivity index (χ0n) is 16.1. The van der Waals surface area contributed by atoms with E-state index in [0.717, 1.165) is 24.7 Å². The number of para-hydroxylation sites is 2. The summed E-state index contributed by atoms with van der Waals surface area (Å²) in [7, 11) is 3.87. The van der Waals surface area contributed by atoms with Gasteiger partial charge in [0.1, 0.15) is 5.75 Å². The zero-order chi connectivity index (χ0) is 19.2. The van der Waals surface area contributed by atoms with E-state index in [2.05, 4.69) is 20.4 Å². The van der Waals surface area contributed by atoms with Gasteiger partial charge in [-0.2, -0.15) is 0 Å². The molecule has 8 heteroatoms. The molecule has 0 aliphatic carbocycles. The van der Waals surface area contributed by atoms with Gasteiger partial charge in [-0.15, -0.1) is 10.2 Å². The fraction of sp³-hybridized carbons (Fsp3) is 0.421. The molecule has 1 fully saturated rings. The molecule has 1 aliphatic rings. The largest absolute Gasteiger partial charge is 0.492 e. The second kappa shape index (κ2) is 8.57. The minimum Gasteiger partial charge on any atom is -0.492 e. The molecular formula is C19H26N6O2. The van der Waals surface area contributed by atoms with Crippen LogP contribution in [0.3, 0.4) is 0 Å². The van der Waals surface area contributed by atoms with Crippen molar-refractivity contribution in [2.24, 2.45) is 0 Å². The van der Waals surface area contributed by atoms with Crippen LogP contribution in [0.1, 0.15) is 6.92 Å². The summed E-state index contributed by atoms with van der Waals surface area (Å²) in [5.74, 6) is 2.34. The van der Waals surface area contributed by atoms with Gasteiger partial charge in [0, 0.05) is 40.3 Å². The molecule has 27 heavy (non-hydrogen) atoms. The van der Waals surface area contributed by atoms with E-state index < -0.39 is 0 Å².